The third-order valence-corrected chi connectivity index (χ3v) is 6.84. The van der Waals surface area contributed by atoms with Gasteiger partial charge in [-0.1, -0.05) is 38.1 Å². The highest BCUT2D eigenvalue weighted by atomic mass is 16.5. The number of aryl methyl sites for hydroxylation is 1. The number of hydrogen-bond donors (Lipinski definition) is 0. The van der Waals surface area contributed by atoms with Gasteiger partial charge in [0, 0.05) is 23.9 Å². The van der Waals surface area contributed by atoms with Gasteiger partial charge < -0.3 is 4.74 Å². The Balaban J connectivity index is 1.47. The van der Waals surface area contributed by atoms with Crippen molar-refractivity contribution in [2.45, 2.75) is 45.8 Å². The Bertz CT molecular complexity index is 965. The second-order valence-corrected chi connectivity index (χ2v) is 9.62. The van der Waals surface area contributed by atoms with E-state index in [4.69, 9.17) is 15.3 Å². The SMILES string of the molecule is CC1(C)COC1[C@]1(CCc2ccc(C#N)cc2)CCN(Cc2ccc(C#N)cc2)C1. The minimum Gasteiger partial charge on any atom is -0.376 e. The molecule has 2 fully saturated rings. The van der Waals surface area contributed by atoms with E-state index in [1.807, 2.05) is 24.3 Å². The molecule has 30 heavy (non-hydrogen) atoms. The predicted molar refractivity (Wildman–Crippen MR) is 116 cm³/mol. The van der Waals surface area contributed by atoms with Crippen LogP contribution in [0.5, 0.6) is 0 Å². The number of nitriles is 2. The summed E-state index contributed by atoms with van der Waals surface area (Å²) in [4.78, 5) is 2.54. The molecule has 4 heteroatoms. The molecule has 154 valence electrons. The molecule has 2 atom stereocenters. The van der Waals surface area contributed by atoms with Gasteiger partial charge in [-0.25, -0.2) is 0 Å². The van der Waals surface area contributed by atoms with Gasteiger partial charge in [-0.05, 0) is 61.2 Å². The topological polar surface area (TPSA) is 60.0 Å². The predicted octanol–water partition coefficient (Wildman–Crippen LogP) is 4.68. The minimum atomic E-state index is 0.155. The van der Waals surface area contributed by atoms with Crippen LogP contribution in [0.3, 0.4) is 0 Å². The number of rotatable bonds is 6. The largest absolute Gasteiger partial charge is 0.376 e. The Morgan fingerprint density at radius 3 is 2.07 bits per heavy atom. The summed E-state index contributed by atoms with van der Waals surface area (Å²) >= 11 is 0. The zero-order valence-electron chi connectivity index (χ0n) is 17.9. The minimum absolute atomic E-state index is 0.155. The number of benzene rings is 2. The zero-order chi connectivity index (χ0) is 21.2. The highest BCUT2D eigenvalue weighted by Gasteiger charge is 2.55. The van der Waals surface area contributed by atoms with Crippen molar-refractivity contribution < 1.29 is 4.74 Å². The van der Waals surface area contributed by atoms with Crippen molar-refractivity contribution >= 4 is 0 Å². The first-order chi connectivity index (χ1) is 14.4. The fourth-order valence-corrected chi connectivity index (χ4v) is 5.26. The molecule has 2 aromatic carbocycles. The van der Waals surface area contributed by atoms with E-state index in [2.05, 4.69) is 55.2 Å². The molecule has 2 aromatic rings. The van der Waals surface area contributed by atoms with E-state index < -0.39 is 0 Å². The quantitative estimate of drug-likeness (QED) is 0.708. The van der Waals surface area contributed by atoms with Crippen molar-refractivity contribution in [3.63, 3.8) is 0 Å². The summed E-state index contributed by atoms with van der Waals surface area (Å²) in [6.45, 7) is 8.52. The molecule has 0 amide bonds. The van der Waals surface area contributed by atoms with E-state index in [0.717, 1.165) is 45.5 Å². The summed E-state index contributed by atoms with van der Waals surface area (Å²) in [5.41, 5.74) is 4.34. The number of hydrogen-bond acceptors (Lipinski definition) is 4. The molecule has 2 saturated heterocycles. The van der Waals surface area contributed by atoms with E-state index in [1.165, 1.54) is 11.1 Å². The van der Waals surface area contributed by atoms with Crippen molar-refractivity contribution in [2.75, 3.05) is 19.7 Å². The summed E-state index contributed by atoms with van der Waals surface area (Å²) in [7, 11) is 0. The van der Waals surface area contributed by atoms with Gasteiger partial charge in [-0.15, -0.1) is 0 Å². The van der Waals surface area contributed by atoms with E-state index >= 15 is 0 Å². The maximum absolute atomic E-state index is 9.03. The first-order valence-electron chi connectivity index (χ1n) is 10.8. The molecule has 4 rings (SSSR count). The molecular formula is C26H29N3O. The highest BCUT2D eigenvalue weighted by molar-refractivity contribution is 5.32. The molecule has 0 N–H and O–H groups in total. The van der Waals surface area contributed by atoms with Gasteiger partial charge in [0.2, 0.25) is 0 Å². The normalized spacial score (nSPS) is 25.3. The second kappa shape index (κ2) is 8.23. The smallest absolute Gasteiger partial charge is 0.0991 e. The van der Waals surface area contributed by atoms with Crippen molar-refractivity contribution in [3.05, 3.63) is 70.8 Å². The van der Waals surface area contributed by atoms with E-state index in [0.29, 0.717) is 11.1 Å². The molecular weight excluding hydrogens is 370 g/mol. The molecule has 0 aromatic heterocycles. The maximum Gasteiger partial charge on any atom is 0.0991 e. The highest BCUT2D eigenvalue weighted by Crippen LogP contribution is 2.51. The third kappa shape index (κ3) is 4.12. The lowest BCUT2D eigenvalue weighted by atomic mass is 9.64. The molecule has 2 aliphatic rings. The lowest BCUT2D eigenvalue weighted by Crippen LogP contribution is -2.58. The Morgan fingerprint density at radius 2 is 1.57 bits per heavy atom. The van der Waals surface area contributed by atoms with Crippen LogP contribution in [0.2, 0.25) is 0 Å². The van der Waals surface area contributed by atoms with Crippen LogP contribution in [0.15, 0.2) is 48.5 Å². The molecule has 2 heterocycles. The van der Waals surface area contributed by atoms with Crippen LogP contribution in [0.25, 0.3) is 0 Å². The van der Waals surface area contributed by atoms with Gasteiger partial charge in [0.1, 0.15) is 0 Å². The molecule has 4 nitrogen and oxygen atoms in total. The Morgan fingerprint density at radius 1 is 0.967 bits per heavy atom. The average molecular weight is 400 g/mol. The maximum atomic E-state index is 9.03. The number of nitrogens with zero attached hydrogens (tertiary/aromatic N) is 3. The summed E-state index contributed by atoms with van der Waals surface area (Å²) < 4.78 is 6.18. The average Bonchev–Trinajstić information content (AvgIpc) is 3.15. The molecule has 1 unspecified atom stereocenters. The lowest BCUT2D eigenvalue weighted by Gasteiger charge is -2.54. The Kier molecular flexibility index (Phi) is 5.65. The van der Waals surface area contributed by atoms with Crippen LogP contribution >= 0.6 is 0 Å². The van der Waals surface area contributed by atoms with Gasteiger partial charge >= 0.3 is 0 Å². The van der Waals surface area contributed by atoms with Gasteiger partial charge in [0.15, 0.2) is 0 Å². The van der Waals surface area contributed by atoms with Gasteiger partial charge in [0.05, 0.1) is 36.0 Å². The first kappa shape index (κ1) is 20.6. The van der Waals surface area contributed by atoms with Gasteiger partial charge in [0.25, 0.3) is 0 Å². The third-order valence-electron chi connectivity index (χ3n) is 6.84. The zero-order valence-corrected chi connectivity index (χ0v) is 17.9. The molecule has 0 aliphatic carbocycles. The second-order valence-electron chi connectivity index (χ2n) is 9.62. The van der Waals surface area contributed by atoms with Crippen molar-refractivity contribution in [2.24, 2.45) is 10.8 Å². The summed E-state index contributed by atoms with van der Waals surface area (Å²) in [5, 5.41) is 18.1. The fourth-order valence-electron chi connectivity index (χ4n) is 5.26. The van der Waals surface area contributed by atoms with Gasteiger partial charge in [-0.2, -0.15) is 10.5 Å². The van der Waals surface area contributed by atoms with Crippen LogP contribution in [0.1, 0.15) is 48.9 Å². The summed E-state index contributed by atoms with van der Waals surface area (Å²) in [5.74, 6) is 0. The first-order valence-corrected chi connectivity index (χ1v) is 10.8. The molecule has 0 bridgehead atoms. The monoisotopic (exact) mass is 399 g/mol. The van der Waals surface area contributed by atoms with E-state index in [9.17, 15) is 0 Å². The van der Waals surface area contributed by atoms with E-state index in [-0.39, 0.29) is 16.9 Å². The van der Waals surface area contributed by atoms with Crippen LogP contribution in [0, 0.1) is 33.5 Å². The van der Waals surface area contributed by atoms with Crippen molar-refractivity contribution in [1.82, 2.24) is 4.90 Å². The Labute approximate surface area is 179 Å². The molecule has 0 radical (unpaired) electrons. The Hall–Kier alpha value is -2.66. The summed E-state index contributed by atoms with van der Waals surface area (Å²) in [6.07, 6.45) is 3.53. The lowest BCUT2D eigenvalue weighted by molar-refractivity contribution is -0.223. The van der Waals surface area contributed by atoms with Crippen LogP contribution in [-0.2, 0) is 17.7 Å². The standard InChI is InChI=1S/C26H29N3O/c1-25(2)19-30-24(25)26(12-11-20-3-5-21(15-27)6-4-20)13-14-29(18-26)17-23-9-7-22(16-28)8-10-23/h3-10,24H,11-14,17-19H2,1-2H3/t24?,26-/m1/s1. The fraction of sp³-hybridized carbons (Fsp3) is 0.462. The van der Waals surface area contributed by atoms with Crippen LogP contribution < -0.4 is 0 Å². The number of likely N-dealkylation sites (tertiary alicyclic amines) is 1. The summed E-state index contributed by atoms with van der Waals surface area (Å²) in [6, 6.07) is 20.3. The van der Waals surface area contributed by atoms with E-state index in [1.54, 1.807) is 0 Å². The van der Waals surface area contributed by atoms with Crippen molar-refractivity contribution in [3.8, 4) is 12.1 Å². The molecule has 0 saturated carbocycles. The van der Waals surface area contributed by atoms with Gasteiger partial charge in [-0.3, -0.25) is 4.90 Å². The van der Waals surface area contributed by atoms with Crippen molar-refractivity contribution in [1.29, 1.82) is 10.5 Å². The number of ether oxygens (including phenoxy) is 1. The van der Waals surface area contributed by atoms with Crippen LogP contribution in [0.4, 0.5) is 0 Å². The molecule has 0 spiro atoms. The van der Waals surface area contributed by atoms with Crippen LogP contribution in [-0.4, -0.2) is 30.7 Å². The molecule has 2 aliphatic heterocycles.